The number of hydrazone groups is 1. The highest BCUT2D eigenvalue weighted by Crippen LogP contribution is 2.38. The summed E-state index contributed by atoms with van der Waals surface area (Å²) in [6.07, 6.45) is 0.111. The molecule has 8 heteroatoms. The van der Waals surface area contributed by atoms with Gasteiger partial charge in [-0.1, -0.05) is 60.7 Å². The number of benzene rings is 4. The van der Waals surface area contributed by atoms with Gasteiger partial charge in [0.25, 0.3) is 0 Å². The number of methoxy groups -OCH3 is 1. The summed E-state index contributed by atoms with van der Waals surface area (Å²) in [4.78, 5) is 5.15. The predicted molar refractivity (Wildman–Crippen MR) is 147 cm³/mol. The van der Waals surface area contributed by atoms with E-state index in [0.717, 1.165) is 45.1 Å². The maximum Gasteiger partial charge on any atom is 0.212 e. The normalized spacial score (nSPS) is 19.2. The fourth-order valence-corrected chi connectivity index (χ4v) is 4.99. The fraction of sp³-hybridized carbons (Fsp3) is 0.133. The van der Waals surface area contributed by atoms with Crippen LogP contribution in [-0.4, -0.2) is 35.0 Å². The minimum atomic E-state index is -0.957. The first-order valence-electron chi connectivity index (χ1n) is 12.4. The Balaban J connectivity index is 1.45. The lowest BCUT2D eigenvalue weighted by molar-refractivity contribution is -0.991. The van der Waals surface area contributed by atoms with Gasteiger partial charge in [0.2, 0.25) is 6.29 Å². The van der Waals surface area contributed by atoms with Crippen LogP contribution in [0.1, 0.15) is 34.7 Å². The third-order valence-electron chi connectivity index (χ3n) is 6.90. The van der Waals surface area contributed by atoms with Crippen LogP contribution < -0.4 is 15.3 Å². The van der Waals surface area contributed by atoms with E-state index >= 15 is 0 Å². The molecule has 0 radical (unpaired) electrons. The van der Waals surface area contributed by atoms with Crippen LogP contribution in [0.2, 0.25) is 0 Å². The van der Waals surface area contributed by atoms with Crippen molar-refractivity contribution >= 4 is 22.8 Å². The molecular formula is C30H27N5O3. The molecule has 0 aromatic heterocycles. The van der Waals surface area contributed by atoms with Crippen molar-refractivity contribution < 1.29 is 15.2 Å². The molecule has 6 rings (SSSR count). The van der Waals surface area contributed by atoms with Crippen LogP contribution in [0.5, 0.6) is 5.75 Å². The van der Waals surface area contributed by atoms with E-state index in [1.165, 1.54) is 0 Å². The maximum atomic E-state index is 11.7. The molecule has 0 bridgehead atoms. The van der Waals surface area contributed by atoms with Gasteiger partial charge in [0.1, 0.15) is 5.75 Å². The highest BCUT2D eigenvalue weighted by molar-refractivity contribution is 6.16. The molecule has 8 nitrogen and oxygen atoms in total. The molecule has 3 N–H and O–H groups in total. The average Bonchev–Trinajstić information content (AvgIpc) is 3.43. The van der Waals surface area contributed by atoms with Crippen LogP contribution >= 0.6 is 0 Å². The third kappa shape index (κ3) is 4.52. The zero-order valence-electron chi connectivity index (χ0n) is 20.8. The summed E-state index contributed by atoms with van der Waals surface area (Å²) in [5.74, 6) is 0.776. The molecule has 2 heterocycles. The molecule has 190 valence electrons. The Kier molecular flexibility index (Phi) is 6.35. The largest absolute Gasteiger partial charge is 0.595 e. The Labute approximate surface area is 220 Å². The zero-order chi connectivity index (χ0) is 26.1. The second-order valence-corrected chi connectivity index (χ2v) is 9.21. The lowest BCUT2D eigenvalue weighted by atomic mass is 9.97. The van der Waals surface area contributed by atoms with E-state index < -0.39 is 11.5 Å². The van der Waals surface area contributed by atoms with Crippen molar-refractivity contribution in [2.75, 3.05) is 12.4 Å². The first kappa shape index (κ1) is 23.9. The van der Waals surface area contributed by atoms with E-state index in [4.69, 9.17) is 14.8 Å². The van der Waals surface area contributed by atoms with Crippen molar-refractivity contribution in [3.05, 3.63) is 131 Å². The van der Waals surface area contributed by atoms with Crippen LogP contribution in [0.3, 0.4) is 0 Å². The predicted octanol–water partition coefficient (Wildman–Crippen LogP) is 4.50. The highest BCUT2D eigenvalue weighted by atomic mass is 16.8. The van der Waals surface area contributed by atoms with Gasteiger partial charge in [0.15, 0.2) is 5.69 Å². The summed E-state index contributed by atoms with van der Waals surface area (Å²) < 4.78 is 5.33. The summed E-state index contributed by atoms with van der Waals surface area (Å²) in [5.41, 5.74) is 6.90. The molecule has 0 spiro atoms. The number of quaternary nitrogens is 1. The van der Waals surface area contributed by atoms with Gasteiger partial charge in [-0.3, -0.25) is 0 Å². The Bertz CT molecular complexity index is 1500. The fourth-order valence-electron chi connectivity index (χ4n) is 4.99. The van der Waals surface area contributed by atoms with Crippen LogP contribution in [0.15, 0.2) is 113 Å². The van der Waals surface area contributed by atoms with Gasteiger partial charge >= 0.3 is 0 Å². The number of anilines is 1. The monoisotopic (exact) mass is 505 g/mol. The zero-order valence-corrected chi connectivity index (χ0v) is 20.8. The molecular weight excluding hydrogens is 478 g/mol. The number of aliphatic imine (C=N–C) groups is 1. The molecule has 4 aromatic carbocycles. The van der Waals surface area contributed by atoms with Gasteiger partial charge in [-0.2, -0.15) is 10.3 Å². The lowest BCUT2D eigenvalue weighted by Crippen LogP contribution is -2.99. The van der Waals surface area contributed by atoms with E-state index in [-0.39, 0.29) is 11.7 Å². The number of hydrogen-bond donors (Lipinski definition) is 3. The van der Waals surface area contributed by atoms with Crippen LogP contribution in [0.25, 0.3) is 0 Å². The Morgan fingerprint density at radius 1 is 0.921 bits per heavy atom. The molecule has 3 atom stereocenters. The average molecular weight is 506 g/mol. The molecule has 38 heavy (non-hydrogen) atoms. The van der Waals surface area contributed by atoms with E-state index in [1.807, 2.05) is 71.7 Å². The summed E-state index contributed by atoms with van der Waals surface area (Å²) in [5, 5.41) is 31.0. The molecule has 0 aliphatic carbocycles. The van der Waals surface area contributed by atoms with Crippen molar-refractivity contribution in [1.29, 1.82) is 0 Å². The van der Waals surface area contributed by atoms with Crippen molar-refractivity contribution in [1.82, 2.24) is 5.01 Å². The number of ether oxygens (including phenoxy) is 1. The second kappa shape index (κ2) is 10.1. The van der Waals surface area contributed by atoms with E-state index in [0.29, 0.717) is 6.42 Å². The van der Waals surface area contributed by atoms with Gasteiger partial charge in [0.05, 0.1) is 24.6 Å². The summed E-state index contributed by atoms with van der Waals surface area (Å²) in [6, 6.07) is 32.9. The van der Waals surface area contributed by atoms with Crippen molar-refractivity contribution in [3.63, 3.8) is 0 Å². The Morgan fingerprint density at radius 3 is 2.45 bits per heavy atom. The molecule has 0 fully saturated rings. The van der Waals surface area contributed by atoms with E-state index in [2.05, 4.69) is 23.5 Å². The first-order valence-corrected chi connectivity index (χ1v) is 12.4. The minimum Gasteiger partial charge on any atom is -0.595 e. The standard InChI is InChI=1S/C30H27N5O3/c1-38-24-16-14-20(15-17-24)27-19-28(22-10-7-11-23(18-22)35(36)37)34(33-27)30-31-26-13-6-5-12-25(26)29(32-30)21-8-3-2-4-9-21/h2-18,28,30-31,35-36H,19H2,1H3. The summed E-state index contributed by atoms with van der Waals surface area (Å²) >= 11 is 0. The van der Waals surface area contributed by atoms with Crippen LogP contribution in [0, 0.1) is 5.21 Å². The topological polar surface area (TPSA) is 97.0 Å². The van der Waals surface area contributed by atoms with Gasteiger partial charge in [0, 0.05) is 35.4 Å². The second-order valence-electron chi connectivity index (χ2n) is 9.21. The van der Waals surface area contributed by atoms with E-state index in [1.54, 1.807) is 25.3 Å². The molecule has 3 unspecified atom stereocenters. The summed E-state index contributed by atoms with van der Waals surface area (Å²) in [7, 11) is 1.64. The number of nitrogens with zero attached hydrogens (tertiary/aromatic N) is 3. The Hall–Kier alpha value is -4.50. The highest BCUT2D eigenvalue weighted by Gasteiger charge is 2.36. The number of para-hydroxylation sites is 1. The number of fused-ring (bicyclic) bond motifs is 1. The first-order chi connectivity index (χ1) is 18.6. The van der Waals surface area contributed by atoms with Crippen molar-refractivity contribution in [2.45, 2.75) is 18.8 Å². The van der Waals surface area contributed by atoms with Gasteiger partial charge < -0.3 is 15.3 Å². The Morgan fingerprint density at radius 2 is 1.68 bits per heavy atom. The van der Waals surface area contributed by atoms with Gasteiger partial charge in [-0.15, -0.1) is 0 Å². The van der Waals surface area contributed by atoms with E-state index in [9.17, 15) is 10.4 Å². The van der Waals surface area contributed by atoms with Crippen LogP contribution in [0.4, 0.5) is 11.4 Å². The van der Waals surface area contributed by atoms with Crippen LogP contribution in [-0.2, 0) is 0 Å². The van der Waals surface area contributed by atoms with Gasteiger partial charge in [-0.05, 0) is 41.5 Å². The number of hydrogen-bond acceptors (Lipinski definition) is 7. The SMILES string of the molecule is COc1ccc(C2=NN(C3N=C(c4ccccc4)c4ccccc4N3)C(c3cccc([NH+]([O-])O)c3)C2)cc1. The number of nitrogens with one attached hydrogen (secondary N) is 2. The van der Waals surface area contributed by atoms with Crippen molar-refractivity contribution in [2.24, 2.45) is 10.1 Å². The molecule has 4 aromatic rings. The smallest absolute Gasteiger partial charge is 0.212 e. The molecule has 0 amide bonds. The third-order valence-corrected chi connectivity index (χ3v) is 6.90. The minimum absolute atomic E-state index is 0.213. The number of rotatable bonds is 6. The van der Waals surface area contributed by atoms with Gasteiger partial charge in [-0.25, -0.2) is 15.2 Å². The molecule has 0 saturated heterocycles. The van der Waals surface area contributed by atoms with Crippen molar-refractivity contribution in [3.8, 4) is 5.75 Å². The molecule has 0 saturated carbocycles. The quantitative estimate of drug-likeness (QED) is 0.336. The molecule has 2 aliphatic rings. The molecule has 2 aliphatic heterocycles. The maximum absolute atomic E-state index is 11.7. The lowest BCUT2D eigenvalue weighted by Gasteiger charge is -2.34. The summed E-state index contributed by atoms with van der Waals surface area (Å²) in [6.45, 7) is 0.